The van der Waals surface area contributed by atoms with Crippen molar-refractivity contribution in [3.63, 3.8) is 0 Å². The number of rotatable bonds is 1. The van der Waals surface area contributed by atoms with Crippen molar-refractivity contribution >= 4 is 0 Å². The monoisotopic (exact) mass is 174 g/mol. The van der Waals surface area contributed by atoms with Crippen LogP contribution in [0.3, 0.4) is 0 Å². The summed E-state index contributed by atoms with van der Waals surface area (Å²) in [6, 6.07) is 7.28. The Hall–Kier alpha value is -1.07. The van der Waals surface area contributed by atoms with E-state index in [0.29, 0.717) is 0 Å². The lowest BCUT2D eigenvalue weighted by atomic mass is 10.2. The van der Waals surface area contributed by atoms with Gasteiger partial charge in [0.05, 0.1) is 0 Å². The van der Waals surface area contributed by atoms with Gasteiger partial charge in [-0.3, -0.25) is 0 Å². The molecule has 0 spiro atoms. The van der Waals surface area contributed by atoms with E-state index in [1.165, 1.54) is 24.3 Å². The van der Waals surface area contributed by atoms with Gasteiger partial charge in [0.2, 0.25) is 0 Å². The Kier molecular flexibility index (Phi) is 1.39. The molecule has 2 atom stereocenters. The molecule has 0 aliphatic carbocycles. The van der Waals surface area contributed by atoms with Crippen molar-refractivity contribution in [2.24, 2.45) is 0 Å². The number of hydrazine groups is 1. The Morgan fingerprint density at radius 3 is 1.92 bits per heavy atom. The van der Waals surface area contributed by atoms with Crippen LogP contribution >= 0.6 is 0 Å². The summed E-state index contributed by atoms with van der Waals surface area (Å²) in [5, 5.41) is -1.22. The van der Waals surface area contributed by atoms with Crippen molar-refractivity contribution in [1.82, 2.24) is 10.5 Å². The average molecular weight is 174 g/mol. The minimum atomic E-state index is -2.71. The molecule has 1 heterocycles. The summed E-state index contributed by atoms with van der Waals surface area (Å²) in [4.78, 5) is 0. The summed E-state index contributed by atoms with van der Waals surface area (Å²) in [6.45, 7) is 0. The van der Waals surface area contributed by atoms with Crippen molar-refractivity contribution in [1.29, 1.82) is 0 Å². The summed E-state index contributed by atoms with van der Waals surface area (Å²) in [6.07, 6.45) is 0. The van der Waals surface area contributed by atoms with Gasteiger partial charge in [-0.25, -0.2) is 0 Å². The third-order valence-electron chi connectivity index (χ3n) is 1.74. The van der Waals surface area contributed by atoms with Crippen LogP contribution in [0.2, 0.25) is 0 Å². The highest BCUT2D eigenvalue weighted by Crippen LogP contribution is 2.50. The maximum absolute atomic E-state index is 13.1. The van der Waals surface area contributed by atoms with Gasteiger partial charge >= 0.3 is 5.92 Å². The summed E-state index contributed by atoms with van der Waals surface area (Å²) in [5.74, 6) is -2.71. The normalized spacial score (nSPS) is 39.6. The van der Waals surface area contributed by atoms with Gasteiger partial charge in [0, 0.05) is 16.0 Å². The molecular formula is C7H5F3N2. The second kappa shape index (κ2) is 2.21. The molecule has 2 nitrogen and oxygen atoms in total. The van der Waals surface area contributed by atoms with Crippen LogP contribution in [0.15, 0.2) is 30.3 Å². The van der Waals surface area contributed by atoms with Gasteiger partial charge in [-0.1, -0.05) is 30.3 Å². The van der Waals surface area contributed by atoms with E-state index in [9.17, 15) is 13.4 Å². The highest BCUT2D eigenvalue weighted by Gasteiger charge is 2.69. The molecule has 0 N–H and O–H groups in total. The summed E-state index contributed by atoms with van der Waals surface area (Å²) >= 11 is 0. The Morgan fingerprint density at radius 1 is 1.00 bits per heavy atom. The van der Waals surface area contributed by atoms with E-state index in [4.69, 9.17) is 0 Å². The Morgan fingerprint density at radius 2 is 1.50 bits per heavy atom. The fourth-order valence-electron chi connectivity index (χ4n) is 1.02. The molecule has 2 unspecified atom stereocenters. The van der Waals surface area contributed by atoms with Gasteiger partial charge in [-0.2, -0.15) is 4.39 Å². The minimum Gasteiger partial charge on any atom is -0.194 e. The lowest BCUT2D eigenvalue weighted by Crippen LogP contribution is -2.05. The Bertz CT molecular complexity index is 282. The first-order valence-corrected chi connectivity index (χ1v) is 3.33. The average Bonchev–Trinajstić information content (AvgIpc) is 2.60. The topological polar surface area (TPSA) is 6.02 Å². The van der Waals surface area contributed by atoms with Gasteiger partial charge in [0.15, 0.2) is 0 Å². The van der Waals surface area contributed by atoms with Gasteiger partial charge in [-0.15, -0.1) is 8.96 Å². The summed E-state index contributed by atoms with van der Waals surface area (Å²) < 4.78 is 37.6. The van der Waals surface area contributed by atoms with Crippen LogP contribution in [0.5, 0.6) is 0 Å². The second-order valence-corrected chi connectivity index (χ2v) is 2.47. The van der Waals surface area contributed by atoms with Gasteiger partial charge in [0.25, 0.3) is 0 Å². The summed E-state index contributed by atoms with van der Waals surface area (Å²) in [5.41, 5.74) is -0.0602. The maximum atomic E-state index is 13.1. The van der Waals surface area contributed by atoms with Gasteiger partial charge < -0.3 is 0 Å². The zero-order chi connectivity index (χ0) is 8.77. The van der Waals surface area contributed by atoms with Crippen molar-refractivity contribution in [2.75, 3.05) is 0 Å². The third kappa shape index (κ3) is 0.774. The lowest BCUT2D eigenvalue weighted by Gasteiger charge is -1.98. The molecule has 5 heteroatoms. The van der Waals surface area contributed by atoms with Crippen LogP contribution in [0, 0.1) is 0 Å². The first-order valence-electron chi connectivity index (χ1n) is 3.33. The van der Waals surface area contributed by atoms with Crippen molar-refractivity contribution < 1.29 is 13.4 Å². The number of hydrogen-bond donors (Lipinski definition) is 0. The Balaban J connectivity index is 2.34. The molecule has 1 fully saturated rings. The minimum absolute atomic E-state index is 0.0602. The number of alkyl halides is 1. The van der Waals surface area contributed by atoms with E-state index in [0.717, 1.165) is 0 Å². The quantitative estimate of drug-likeness (QED) is 0.365. The Labute approximate surface area is 66.6 Å². The highest BCUT2D eigenvalue weighted by molar-refractivity contribution is 5.23. The molecule has 0 aromatic heterocycles. The smallest absolute Gasteiger partial charge is 0.194 e. The zero-order valence-corrected chi connectivity index (χ0v) is 5.92. The molecule has 64 valence electrons. The summed E-state index contributed by atoms with van der Waals surface area (Å²) in [7, 11) is 0. The van der Waals surface area contributed by atoms with Gasteiger partial charge in [-0.05, 0) is 0 Å². The number of nitrogens with zero attached hydrogens (tertiary/aromatic N) is 2. The molecule has 0 saturated carbocycles. The molecular weight excluding hydrogens is 169 g/mol. The first-order chi connectivity index (χ1) is 5.67. The van der Waals surface area contributed by atoms with Crippen LogP contribution in [-0.2, 0) is 5.92 Å². The molecule has 1 aliphatic heterocycles. The van der Waals surface area contributed by atoms with E-state index >= 15 is 0 Å². The van der Waals surface area contributed by atoms with Crippen LogP contribution in [0.25, 0.3) is 0 Å². The molecule has 0 bridgehead atoms. The van der Waals surface area contributed by atoms with Crippen molar-refractivity contribution in [3.05, 3.63) is 35.9 Å². The number of halogens is 3. The molecule has 1 aromatic carbocycles. The fraction of sp³-hybridized carbons (Fsp3) is 0.143. The van der Waals surface area contributed by atoms with Crippen LogP contribution < -0.4 is 0 Å². The highest BCUT2D eigenvalue weighted by atomic mass is 19.3. The number of benzene rings is 1. The van der Waals surface area contributed by atoms with Crippen molar-refractivity contribution in [3.8, 4) is 0 Å². The van der Waals surface area contributed by atoms with E-state index in [-0.39, 0.29) is 5.56 Å². The molecule has 2 rings (SSSR count). The lowest BCUT2D eigenvalue weighted by molar-refractivity contribution is -0.0349. The predicted octanol–water partition coefficient (Wildman–Crippen LogP) is 2.07. The zero-order valence-electron chi connectivity index (χ0n) is 5.92. The molecule has 1 aromatic rings. The first kappa shape index (κ1) is 7.57. The fourth-order valence-corrected chi connectivity index (χ4v) is 1.02. The predicted molar refractivity (Wildman–Crippen MR) is 35.1 cm³/mol. The SMILES string of the molecule is FN1N(F)C1(F)c1ccccc1. The molecule has 0 amide bonds. The largest absolute Gasteiger partial charge is 0.331 e. The van der Waals surface area contributed by atoms with E-state index < -0.39 is 16.4 Å². The second-order valence-electron chi connectivity index (χ2n) is 2.47. The van der Waals surface area contributed by atoms with E-state index in [2.05, 4.69) is 0 Å². The third-order valence-corrected chi connectivity index (χ3v) is 1.74. The molecule has 0 radical (unpaired) electrons. The number of hydrogen-bond acceptors (Lipinski definition) is 2. The molecule has 1 aliphatic rings. The van der Waals surface area contributed by atoms with E-state index in [1.54, 1.807) is 6.07 Å². The van der Waals surface area contributed by atoms with Gasteiger partial charge in [0.1, 0.15) is 0 Å². The standard InChI is InChI=1S/C7H5F3N2/c8-7(11(9)12(7)10)6-4-2-1-3-5-6/h1-5H. The van der Waals surface area contributed by atoms with Crippen LogP contribution in [0.4, 0.5) is 13.4 Å². The van der Waals surface area contributed by atoms with Crippen LogP contribution in [-0.4, -0.2) is 10.5 Å². The van der Waals surface area contributed by atoms with E-state index in [1.807, 2.05) is 0 Å². The van der Waals surface area contributed by atoms with Crippen molar-refractivity contribution in [2.45, 2.75) is 5.92 Å². The maximum Gasteiger partial charge on any atom is 0.331 e. The molecule has 12 heavy (non-hydrogen) atoms. The van der Waals surface area contributed by atoms with Crippen LogP contribution in [0.1, 0.15) is 5.56 Å². The molecule has 1 saturated heterocycles.